The van der Waals surface area contributed by atoms with E-state index in [2.05, 4.69) is 51.6 Å². The average Bonchev–Trinajstić information content (AvgIpc) is 2.88. The topological polar surface area (TPSA) is 54.2 Å². The van der Waals surface area contributed by atoms with E-state index in [0.717, 1.165) is 19.5 Å². The van der Waals surface area contributed by atoms with Crippen molar-refractivity contribution >= 4 is 10.9 Å². The van der Waals surface area contributed by atoms with Gasteiger partial charge in [0.1, 0.15) is 11.9 Å². The Bertz CT molecular complexity index is 914. The van der Waals surface area contributed by atoms with Gasteiger partial charge in [0.15, 0.2) is 0 Å². The Labute approximate surface area is 147 Å². The first kappa shape index (κ1) is 16.2. The van der Waals surface area contributed by atoms with Crippen LogP contribution in [-0.4, -0.2) is 38.1 Å². The van der Waals surface area contributed by atoms with E-state index >= 15 is 0 Å². The molecule has 25 heavy (non-hydrogen) atoms. The molecule has 0 amide bonds. The van der Waals surface area contributed by atoms with Crippen LogP contribution >= 0.6 is 0 Å². The van der Waals surface area contributed by atoms with E-state index in [1.54, 1.807) is 12.3 Å². The van der Waals surface area contributed by atoms with E-state index in [4.69, 9.17) is 0 Å². The first-order valence-corrected chi connectivity index (χ1v) is 8.74. The predicted molar refractivity (Wildman–Crippen MR) is 98.3 cm³/mol. The molecule has 1 unspecified atom stereocenters. The monoisotopic (exact) mass is 336 g/mol. The molecule has 0 bridgehead atoms. The molecule has 3 aromatic rings. The Kier molecular flexibility index (Phi) is 3.85. The van der Waals surface area contributed by atoms with E-state index in [1.165, 1.54) is 34.1 Å². The maximum atomic E-state index is 11.1. The van der Waals surface area contributed by atoms with E-state index < -0.39 is 5.60 Å². The van der Waals surface area contributed by atoms with Crippen LogP contribution in [0, 0.1) is 6.92 Å². The van der Waals surface area contributed by atoms with Crippen LogP contribution in [0.5, 0.6) is 0 Å². The highest BCUT2D eigenvalue weighted by molar-refractivity contribution is 5.86. The number of rotatable bonds is 3. The van der Waals surface area contributed by atoms with Crippen LogP contribution in [0.1, 0.15) is 29.4 Å². The molecule has 1 aromatic carbocycles. The van der Waals surface area contributed by atoms with Crippen molar-refractivity contribution in [2.75, 3.05) is 13.6 Å². The third-order valence-electron chi connectivity index (χ3n) is 5.20. The van der Waals surface area contributed by atoms with Gasteiger partial charge in [-0.1, -0.05) is 11.6 Å². The number of nitrogens with zero attached hydrogens (tertiary/aromatic N) is 4. The number of likely N-dealkylation sites (N-methyl/N-ethyl adjacent to an activating group) is 1. The fourth-order valence-corrected chi connectivity index (χ4v) is 3.88. The van der Waals surface area contributed by atoms with E-state index in [9.17, 15) is 5.11 Å². The number of aromatic nitrogens is 3. The van der Waals surface area contributed by atoms with Crippen molar-refractivity contribution in [2.45, 2.75) is 39.0 Å². The van der Waals surface area contributed by atoms with Gasteiger partial charge in [0.05, 0.1) is 12.2 Å². The zero-order chi connectivity index (χ0) is 17.6. The summed E-state index contributed by atoms with van der Waals surface area (Å²) in [6.45, 7) is 6.45. The Morgan fingerprint density at radius 1 is 1.28 bits per heavy atom. The van der Waals surface area contributed by atoms with Gasteiger partial charge in [-0.25, -0.2) is 9.97 Å². The lowest BCUT2D eigenvalue weighted by atomic mass is 10.0. The molecule has 5 nitrogen and oxygen atoms in total. The van der Waals surface area contributed by atoms with Crippen molar-refractivity contribution in [3.63, 3.8) is 0 Å². The van der Waals surface area contributed by atoms with E-state index in [1.807, 2.05) is 6.92 Å². The Morgan fingerprint density at radius 2 is 2.12 bits per heavy atom. The summed E-state index contributed by atoms with van der Waals surface area (Å²) in [7, 11) is 2.17. The third-order valence-corrected chi connectivity index (χ3v) is 5.20. The lowest BCUT2D eigenvalue weighted by Crippen LogP contribution is -2.32. The summed E-state index contributed by atoms with van der Waals surface area (Å²) in [5.41, 5.74) is 4.80. The smallest absolute Gasteiger partial charge is 0.122 e. The van der Waals surface area contributed by atoms with Crippen molar-refractivity contribution in [1.29, 1.82) is 0 Å². The Balaban J connectivity index is 1.85. The highest BCUT2D eigenvalue weighted by Crippen LogP contribution is 2.33. The van der Waals surface area contributed by atoms with Crippen molar-refractivity contribution < 1.29 is 5.11 Å². The molecule has 3 heterocycles. The number of aliphatic hydroxyl groups is 1. The van der Waals surface area contributed by atoms with Gasteiger partial charge in [-0.3, -0.25) is 0 Å². The molecule has 2 aromatic heterocycles. The summed E-state index contributed by atoms with van der Waals surface area (Å²) in [5.74, 6) is 0. The van der Waals surface area contributed by atoms with Crippen molar-refractivity contribution in [1.82, 2.24) is 19.4 Å². The number of fused-ring (bicyclic) bond motifs is 3. The van der Waals surface area contributed by atoms with Crippen molar-refractivity contribution in [3.05, 3.63) is 59.3 Å². The second-order valence-electron chi connectivity index (χ2n) is 7.39. The normalized spacial score (nSPS) is 17.4. The van der Waals surface area contributed by atoms with Gasteiger partial charge in [-0.2, -0.15) is 0 Å². The maximum absolute atomic E-state index is 11.1. The number of hydrogen-bond acceptors (Lipinski definition) is 4. The maximum Gasteiger partial charge on any atom is 0.122 e. The van der Waals surface area contributed by atoms with Gasteiger partial charge in [-0.05, 0) is 44.7 Å². The van der Waals surface area contributed by atoms with Gasteiger partial charge in [0.2, 0.25) is 0 Å². The van der Waals surface area contributed by atoms with Gasteiger partial charge in [0, 0.05) is 42.3 Å². The summed E-state index contributed by atoms with van der Waals surface area (Å²) < 4.78 is 2.29. The first-order valence-electron chi connectivity index (χ1n) is 8.74. The minimum atomic E-state index is -1.04. The van der Waals surface area contributed by atoms with Gasteiger partial charge in [-0.15, -0.1) is 0 Å². The fourth-order valence-electron chi connectivity index (χ4n) is 3.88. The molecule has 130 valence electrons. The number of benzene rings is 1. The lowest BCUT2D eigenvalue weighted by molar-refractivity contribution is 0.0340. The number of aryl methyl sites for hydroxylation is 1. The molecule has 1 atom stereocenters. The first-order chi connectivity index (χ1) is 12.0. The molecule has 0 aliphatic carbocycles. The molecule has 1 aliphatic rings. The SMILES string of the molecule is Cc1ccc2c(c1)c1c(n2CC(C)(O)c2ccncn2)CCN(C)C1. The quantitative estimate of drug-likeness (QED) is 0.799. The van der Waals surface area contributed by atoms with E-state index in [0.29, 0.717) is 12.2 Å². The summed E-state index contributed by atoms with van der Waals surface area (Å²) in [4.78, 5) is 10.6. The molecule has 0 saturated carbocycles. The van der Waals surface area contributed by atoms with Crippen LogP contribution in [0.3, 0.4) is 0 Å². The summed E-state index contributed by atoms with van der Waals surface area (Å²) in [6, 6.07) is 8.38. The molecule has 1 N–H and O–H groups in total. The molecule has 4 rings (SSSR count). The molecule has 0 radical (unpaired) electrons. The summed E-state index contributed by atoms with van der Waals surface area (Å²) in [5, 5.41) is 12.4. The molecule has 0 fully saturated rings. The Hall–Kier alpha value is -2.24. The van der Waals surface area contributed by atoms with Crippen molar-refractivity contribution in [3.8, 4) is 0 Å². The van der Waals surface area contributed by atoms with Crippen LogP contribution in [0.25, 0.3) is 10.9 Å². The van der Waals surface area contributed by atoms with E-state index in [-0.39, 0.29) is 0 Å². The zero-order valence-corrected chi connectivity index (χ0v) is 15.0. The highest BCUT2D eigenvalue weighted by atomic mass is 16.3. The van der Waals surface area contributed by atoms with Gasteiger partial charge < -0.3 is 14.6 Å². The summed E-state index contributed by atoms with van der Waals surface area (Å²) in [6.07, 6.45) is 4.17. The highest BCUT2D eigenvalue weighted by Gasteiger charge is 2.30. The van der Waals surface area contributed by atoms with Crippen LogP contribution in [0.4, 0.5) is 0 Å². The lowest BCUT2D eigenvalue weighted by Gasteiger charge is -2.28. The van der Waals surface area contributed by atoms with Crippen LogP contribution in [-0.2, 0) is 25.1 Å². The fraction of sp³-hybridized carbons (Fsp3) is 0.400. The standard InChI is InChI=1S/C20H24N4O/c1-14-4-5-17-15(10-14)16-11-23(3)9-7-18(16)24(17)12-20(2,25)19-6-8-21-13-22-19/h4-6,8,10,13,25H,7,9,11-12H2,1-3H3. The molecular weight excluding hydrogens is 312 g/mol. The molecular formula is C20H24N4O. The van der Waals surface area contributed by atoms with Crippen LogP contribution in [0.2, 0.25) is 0 Å². The molecule has 0 spiro atoms. The van der Waals surface area contributed by atoms with Crippen molar-refractivity contribution in [2.24, 2.45) is 0 Å². The largest absolute Gasteiger partial charge is 0.382 e. The van der Waals surface area contributed by atoms with Gasteiger partial charge in [0.25, 0.3) is 0 Å². The minimum absolute atomic E-state index is 0.489. The second-order valence-corrected chi connectivity index (χ2v) is 7.39. The van der Waals surface area contributed by atoms with Crippen LogP contribution < -0.4 is 0 Å². The average molecular weight is 336 g/mol. The van der Waals surface area contributed by atoms with Gasteiger partial charge >= 0.3 is 0 Å². The minimum Gasteiger partial charge on any atom is -0.382 e. The predicted octanol–water partition coefficient (Wildman–Crippen LogP) is 2.64. The molecule has 1 aliphatic heterocycles. The van der Waals surface area contributed by atoms with Crippen LogP contribution in [0.15, 0.2) is 36.8 Å². The third kappa shape index (κ3) is 2.83. The molecule has 0 saturated heterocycles. The number of hydrogen-bond donors (Lipinski definition) is 1. The Morgan fingerprint density at radius 3 is 2.88 bits per heavy atom. The summed E-state index contributed by atoms with van der Waals surface area (Å²) >= 11 is 0. The molecule has 5 heteroatoms. The second kappa shape index (κ2) is 5.93. The zero-order valence-electron chi connectivity index (χ0n) is 15.0.